The maximum absolute atomic E-state index is 11.8. The van der Waals surface area contributed by atoms with Crippen molar-refractivity contribution in [1.82, 2.24) is 4.90 Å². The van der Waals surface area contributed by atoms with Crippen LogP contribution in [0.15, 0.2) is 22.8 Å². The zero-order valence-electron chi connectivity index (χ0n) is 9.43. The Morgan fingerprint density at radius 1 is 1.53 bits per heavy atom. The molecule has 1 heterocycles. The summed E-state index contributed by atoms with van der Waals surface area (Å²) in [6.07, 6.45) is 1.60. The van der Waals surface area contributed by atoms with Gasteiger partial charge in [-0.15, -0.1) is 0 Å². The second-order valence-corrected chi connectivity index (χ2v) is 3.93. The highest BCUT2D eigenvalue weighted by molar-refractivity contribution is 5.81. The van der Waals surface area contributed by atoms with Crippen LogP contribution in [0.4, 0.5) is 0 Å². The first-order valence-corrected chi connectivity index (χ1v) is 5.10. The molecule has 1 aromatic rings. The van der Waals surface area contributed by atoms with E-state index in [0.717, 1.165) is 5.76 Å². The van der Waals surface area contributed by atoms with Crippen LogP contribution < -0.4 is 5.73 Å². The number of carbonyl (C=O) groups is 1. The van der Waals surface area contributed by atoms with Gasteiger partial charge in [0.05, 0.1) is 18.8 Å². The molecule has 1 rings (SSSR count). The molecule has 1 amide bonds. The van der Waals surface area contributed by atoms with Crippen LogP contribution in [-0.4, -0.2) is 22.9 Å². The van der Waals surface area contributed by atoms with E-state index in [9.17, 15) is 4.79 Å². The Balaban J connectivity index is 2.71. The number of nitrogens with zero attached hydrogens (tertiary/aromatic N) is 1. The predicted octanol–water partition coefficient (Wildman–Crippen LogP) is 1.36. The lowest BCUT2D eigenvalue weighted by Crippen LogP contribution is -2.45. The topological polar surface area (TPSA) is 59.5 Å². The van der Waals surface area contributed by atoms with E-state index in [1.54, 1.807) is 18.1 Å². The largest absolute Gasteiger partial charge is 0.467 e. The van der Waals surface area contributed by atoms with Crippen LogP contribution in [0.1, 0.15) is 26.5 Å². The first-order valence-electron chi connectivity index (χ1n) is 5.10. The predicted molar refractivity (Wildman–Crippen MR) is 58.0 cm³/mol. The molecule has 1 aromatic heterocycles. The first kappa shape index (κ1) is 11.8. The van der Waals surface area contributed by atoms with Gasteiger partial charge in [0.15, 0.2) is 0 Å². The minimum Gasteiger partial charge on any atom is -0.467 e. The molecule has 0 spiro atoms. The normalized spacial score (nSPS) is 12.9. The number of furan rings is 1. The zero-order valence-corrected chi connectivity index (χ0v) is 9.43. The van der Waals surface area contributed by atoms with Gasteiger partial charge in [0, 0.05) is 6.04 Å². The molecule has 4 heteroatoms. The minimum atomic E-state index is -0.470. The number of rotatable bonds is 4. The van der Waals surface area contributed by atoms with Crippen molar-refractivity contribution in [2.45, 2.75) is 39.4 Å². The lowest BCUT2D eigenvalue weighted by atomic mass is 10.2. The molecule has 0 aliphatic heterocycles. The average Bonchev–Trinajstić information content (AvgIpc) is 2.64. The van der Waals surface area contributed by atoms with E-state index in [0.29, 0.717) is 6.54 Å². The van der Waals surface area contributed by atoms with E-state index in [4.69, 9.17) is 10.2 Å². The summed E-state index contributed by atoms with van der Waals surface area (Å²) in [5, 5.41) is 0. The van der Waals surface area contributed by atoms with Crippen molar-refractivity contribution in [1.29, 1.82) is 0 Å². The standard InChI is InChI=1S/C11H18N2O2/c1-8(2)13(11(14)9(3)12)7-10-5-4-6-15-10/h4-6,8-9H,7,12H2,1-3H3/t9-/m0/s1. The van der Waals surface area contributed by atoms with Crippen LogP contribution in [0.3, 0.4) is 0 Å². The van der Waals surface area contributed by atoms with Gasteiger partial charge in [-0.1, -0.05) is 0 Å². The van der Waals surface area contributed by atoms with E-state index in [-0.39, 0.29) is 11.9 Å². The third kappa shape index (κ3) is 3.09. The molecule has 0 unspecified atom stereocenters. The monoisotopic (exact) mass is 210 g/mol. The first-order chi connectivity index (χ1) is 7.02. The molecule has 0 aromatic carbocycles. The summed E-state index contributed by atoms with van der Waals surface area (Å²) in [5.41, 5.74) is 5.58. The average molecular weight is 210 g/mol. The van der Waals surface area contributed by atoms with Crippen molar-refractivity contribution in [2.24, 2.45) is 5.73 Å². The van der Waals surface area contributed by atoms with Crippen LogP contribution in [0, 0.1) is 0 Å². The highest BCUT2D eigenvalue weighted by Crippen LogP contribution is 2.10. The van der Waals surface area contributed by atoms with E-state index in [1.165, 1.54) is 0 Å². The van der Waals surface area contributed by atoms with Gasteiger partial charge in [-0.05, 0) is 32.9 Å². The van der Waals surface area contributed by atoms with Gasteiger partial charge < -0.3 is 15.1 Å². The smallest absolute Gasteiger partial charge is 0.239 e. The van der Waals surface area contributed by atoms with E-state index >= 15 is 0 Å². The van der Waals surface area contributed by atoms with Crippen LogP contribution in [0.5, 0.6) is 0 Å². The molecule has 4 nitrogen and oxygen atoms in total. The van der Waals surface area contributed by atoms with Gasteiger partial charge in [0.25, 0.3) is 0 Å². The zero-order chi connectivity index (χ0) is 11.4. The number of amides is 1. The van der Waals surface area contributed by atoms with Gasteiger partial charge in [-0.3, -0.25) is 4.79 Å². The van der Waals surface area contributed by atoms with Crippen molar-refractivity contribution >= 4 is 5.91 Å². The quantitative estimate of drug-likeness (QED) is 0.816. The fraction of sp³-hybridized carbons (Fsp3) is 0.545. The maximum Gasteiger partial charge on any atom is 0.239 e. The third-order valence-corrected chi connectivity index (χ3v) is 2.20. The number of hydrogen-bond acceptors (Lipinski definition) is 3. The number of carbonyl (C=O) groups excluding carboxylic acids is 1. The summed E-state index contributed by atoms with van der Waals surface area (Å²) in [6.45, 7) is 6.09. The summed E-state index contributed by atoms with van der Waals surface area (Å²) < 4.78 is 5.21. The van der Waals surface area contributed by atoms with Gasteiger partial charge in [0.2, 0.25) is 5.91 Å². The molecule has 0 saturated carbocycles. The van der Waals surface area contributed by atoms with Gasteiger partial charge in [-0.25, -0.2) is 0 Å². The molecule has 0 aliphatic carbocycles. The molecule has 0 radical (unpaired) electrons. The molecule has 0 bridgehead atoms. The molecular formula is C11H18N2O2. The Morgan fingerprint density at radius 3 is 2.60 bits per heavy atom. The van der Waals surface area contributed by atoms with Crippen molar-refractivity contribution in [3.63, 3.8) is 0 Å². The van der Waals surface area contributed by atoms with Crippen molar-refractivity contribution in [2.75, 3.05) is 0 Å². The Morgan fingerprint density at radius 2 is 2.20 bits per heavy atom. The van der Waals surface area contributed by atoms with E-state index in [2.05, 4.69) is 0 Å². The SMILES string of the molecule is CC(C)N(Cc1ccco1)C(=O)[C@H](C)N. The Kier molecular flexibility index (Phi) is 3.91. The van der Waals surface area contributed by atoms with Crippen LogP contribution >= 0.6 is 0 Å². The van der Waals surface area contributed by atoms with Gasteiger partial charge >= 0.3 is 0 Å². The number of hydrogen-bond donors (Lipinski definition) is 1. The minimum absolute atomic E-state index is 0.0543. The molecule has 15 heavy (non-hydrogen) atoms. The Hall–Kier alpha value is -1.29. The van der Waals surface area contributed by atoms with Gasteiger partial charge in [-0.2, -0.15) is 0 Å². The Labute approximate surface area is 90.0 Å². The molecular weight excluding hydrogens is 192 g/mol. The Bertz CT molecular complexity index is 304. The fourth-order valence-electron chi connectivity index (χ4n) is 1.35. The van der Waals surface area contributed by atoms with Crippen LogP contribution in [0.2, 0.25) is 0 Å². The molecule has 0 fully saturated rings. The van der Waals surface area contributed by atoms with E-state index < -0.39 is 6.04 Å². The summed E-state index contributed by atoms with van der Waals surface area (Å²) in [4.78, 5) is 13.5. The second-order valence-electron chi connectivity index (χ2n) is 3.93. The van der Waals surface area contributed by atoms with Gasteiger partial charge in [0.1, 0.15) is 5.76 Å². The summed E-state index contributed by atoms with van der Waals surface area (Å²) in [6, 6.07) is 3.31. The third-order valence-electron chi connectivity index (χ3n) is 2.20. The highest BCUT2D eigenvalue weighted by atomic mass is 16.3. The molecule has 0 aliphatic rings. The number of nitrogens with two attached hydrogens (primary N) is 1. The lowest BCUT2D eigenvalue weighted by molar-refractivity contribution is -0.134. The fourth-order valence-corrected chi connectivity index (χ4v) is 1.35. The summed E-state index contributed by atoms with van der Waals surface area (Å²) >= 11 is 0. The molecule has 84 valence electrons. The van der Waals surface area contributed by atoms with Crippen LogP contribution in [0.25, 0.3) is 0 Å². The molecule has 0 saturated heterocycles. The molecule has 1 atom stereocenters. The van der Waals surface area contributed by atoms with Crippen molar-refractivity contribution < 1.29 is 9.21 Å². The lowest BCUT2D eigenvalue weighted by Gasteiger charge is -2.27. The summed E-state index contributed by atoms with van der Waals surface area (Å²) in [5.74, 6) is 0.721. The van der Waals surface area contributed by atoms with Crippen LogP contribution in [-0.2, 0) is 11.3 Å². The highest BCUT2D eigenvalue weighted by Gasteiger charge is 2.21. The van der Waals surface area contributed by atoms with Crippen molar-refractivity contribution in [3.8, 4) is 0 Å². The molecule has 2 N–H and O–H groups in total. The van der Waals surface area contributed by atoms with Crippen molar-refractivity contribution in [3.05, 3.63) is 24.2 Å². The summed E-state index contributed by atoms with van der Waals surface area (Å²) in [7, 11) is 0. The van der Waals surface area contributed by atoms with E-state index in [1.807, 2.05) is 26.0 Å². The maximum atomic E-state index is 11.8. The second kappa shape index (κ2) is 4.98.